The van der Waals surface area contributed by atoms with Crippen molar-refractivity contribution >= 4 is 9.84 Å². The van der Waals surface area contributed by atoms with Crippen LogP contribution in [0.15, 0.2) is 0 Å². The van der Waals surface area contributed by atoms with Gasteiger partial charge in [0, 0.05) is 12.3 Å². The third-order valence-electron chi connectivity index (χ3n) is 2.46. The summed E-state index contributed by atoms with van der Waals surface area (Å²) in [4.78, 5) is 0. The molecule has 0 aromatic rings. The van der Waals surface area contributed by atoms with E-state index in [4.69, 9.17) is 10.5 Å². The SMILES string of the molecule is CCC(C)(CN)OCCS(=O)(=O)CC. The second kappa shape index (κ2) is 5.68. The molecule has 5 heteroatoms. The van der Waals surface area contributed by atoms with Gasteiger partial charge in [-0.05, 0) is 13.3 Å². The molecule has 0 saturated carbocycles. The summed E-state index contributed by atoms with van der Waals surface area (Å²) in [6.45, 7) is 6.15. The van der Waals surface area contributed by atoms with Crippen LogP contribution in [0.2, 0.25) is 0 Å². The minimum Gasteiger partial charge on any atom is -0.373 e. The van der Waals surface area contributed by atoms with Crippen LogP contribution in [0.5, 0.6) is 0 Å². The Labute approximate surface area is 86.7 Å². The molecule has 0 aliphatic heterocycles. The second-order valence-corrected chi connectivity index (χ2v) is 6.07. The van der Waals surface area contributed by atoms with Gasteiger partial charge in [0.25, 0.3) is 0 Å². The fourth-order valence-corrected chi connectivity index (χ4v) is 1.49. The van der Waals surface area contributed by atoms with Crippen molar-refractivity contribution in [3.05, 3.63) is 0 Å². The Kier molecular flexibility index (Phi) is 5.63. The molecule has 0 aromatic carbocycles. The number of sulfone groups is 1. The molecular formula is C9H21NO3S. The molecular weight excluding hydrogens is 202 g/mol. The first kappa shape index (κ1) is 13.9. The predicted octanol–water partition coefficient (Wildman–Crippen LogP) is 0.565. The maximum atomic E-state index is 11.2. The van der Waals surface area contributed by atoms with Gasteiger partial charge in [0.1, 0.15) is 0 Å². The van der Waals surface area contributed by atoms with E-state index in [-0.39, 0.29) is 23.7 Å². The van der Waals surface area contributed by atoms with Crippen molar-refractivity contribution in [3.8, 4) is 0 Å². The molecule has 0 fully saturated rings. The molecule has 0 aliphatic carbocycles. The van der Waals surface area contributed by atoms with Gasteiger partial charge in [0.2, 0.25) is 0 Å². The van der Waals surface area contributed by atoms with E-state index in [1.165, 1.54) is 0 Å². The number of ether oxygens (including phenoxy) is 1. The summed E-state index contributed by atoms with van der Waals surface area (Å²) >= 11 is 0. The Morgan fingerprint density at radius 2 is 1.93 bits per heavy atom. The maximum absolute atomic E-state index is 11.2. The lowest BCUT2D eigenvalue weighted by atomic mass is 10.0. The first-order chi connectivity index (χ1) is 6.39. The van der Waals surface area contributed by atoms with E-state index in [1.54, 1.807) is 6.92 Å². The topological polar surface area (TPSA) is 69.4 Å². The summed E-state index contributed by atoms with van der Waals surface area (Å²) in [5.74, 6) is 0.251. The lowest BCUT2D eigenvalue weighted by Gasteiger charge is -2.26. The summed E-state index contributed by atoms with van der Waals surface area (Å²) in [5.41, 5.74) is 5.14. The number of rotatable bonds is 7. The van der Waals surface area contributed by atoms with Crippen LogP contribution < -0.4 is 5.73 Å². The third kappa shape index (κ3) is 4.93. The smallest absolute Gasteiger partial charge is 0.152 e. The van der Waals surface area contributed by atoms with E-state index < -0.39 is 9.84 Å². The molecule has 1 unspecified atom stereocenters. The molecule has 2 N–H and O–H groups in total. The summed E-state index contributed by atoms with van der Waals surface area (Å²) < 4.78 is 27.8. The molecule has 1 atom stereocenters. The van der Waals surface area contributed by atoms with E-state index in [0.29, 0.717) is 6.54 Å². The highest BCUT2D eigenvalue weighted by Crippen LogP contribution is 2.12. The van der Waals surface area contributed by atoms with Crippen LogP contribution in [-0.4, -0.2) is 38.7 Å². The van der Waals surface area contributed by atoms with Gasteiger partial charge < -0.3 is 10.5 Å². The largest absolute Gasteiger partial charge is 0.373 e. The quantitative estimate of drug-likeness (QED) is 0.685. The van der Waals surface area contributed by atoms with Crippen molar-refractivity contribution in [2.24, 2.45) is 5.73 Å². The van der Waals surface area contributed by atoms with Crippen LogP contribution in [0, 0.1) is 0 Å². The molecule has 0 aromatic heterocycles. The predicted molar refractivity (Wildman–Crippen MR) is 58.0 cm³/mol. The molecule has 0 radical (unpaired) electrons. The molecule has 14 heavy (non-hydrogen) atoms. The molecule has 0 saturated heterocycles. The van der Waals surface area contributed by atoms with Crippen molar-refractivity contribution < 1.29 is 13.2 Å². The zero-order chi connectivity index (χ0) is 11.2. The molecule has 0 amide bonds. The van der Waals surface area contributed by atoms with E-state index in [0.717, 1.165) is 6.42 Å². The second-order valence-electron chi connectivity index (χ2n) is 3.59. The van der Waals surface area contributed by atoms with Crippen LogP contribution in [0.3, 0.4) is 0 Å². The van der Waals surface area contributed by atoms with Crippen LogP contribution in [0.1, 0.15) is 27.2 Å². The Balaban J connectivity index is 3.96. The minimum absolute atomic E-state index is 0.0824. The Morgan fingerprint density at radius 3 is 2.29 bits per heavy atom. The molecule has 0 rings (SSSR count). The van der Waals surface area contributed by atoms with Crippen molar-refractivity contribution in [2.45, 2.75) is 32.8 Å². The van der Waals surface area contributed by atoms with Crippen molar-refractivity contribution in [2.75, 3.05) is 24.7 Å². The van der Waals surface area contributed by atoms with Gasteiger partial charge in [-0.3, -0.25) is 0 Å². The van der Waals surface area contributed by atoms with Crippen molar-refractivity contribution in [1.29, 1.82) is 0 Å². The third-order valence-corrected chi connectivity index (χ3v) is 4.13. The van der Waals surface area contributed by atoms with Crippen LogP contribution in [0.25, 0.3) is 0 Å². The number of hydrogen-bond acceptors (Lipinski definition) is 4. The van der Waals surface area contributed by atoms with Gasteiger partial charge in [0.05, 0.1) is 18.0 Å². The van der Waals surface area contributed by atoms with E-state index >= 15 is 0 Å². The first-order valence-corrected chi connectivity index (χ1v) is 6.75. The highest BCUT2D eigenvalue weighted by Gasteiger charge is 2.21. The molecule has 0 spiro atoms. The average Bonchev–Trinajstić information content (AvgIpc) is 2.17. The van der Waals surface area contributed by atoms with E-state index in [1.807, 2.05) is 13.8 Å². The normalized spacial score (nSPS) is 16.6. The fourth-order valence-electron chi connectivity index (χ4n) is 0.865. The van der Waals surface area contributed by atoms with E-state index in [9.17, 15) is 8.42 Å². The molecule has 0 aliphatic rings. The van der Waals surface area contributed by atoms with E-state index in [2.05, 4.69) is 0 Å². The summed E-state index contributed by atoms with van der Waals surface area (Å²) in [7, 11) is -2.92. The van der Waals surface area contributed by atoms with Crippen molar-refractivity contribution in [1.82, 2.24) is 0 Å². The van der Waals surface area contributed by atoms with Gasteiger partial charge in [-0.15, -0.1) is 0 Å². The molecule has 86 valence electrons. The maximum Gasteiger partial charge on any atom is 0.152 e. The first-order valence-electron chi connectivity index (χ1n) is 4.93. The van der Waals surface area contributed by atoms with Crippen molar-refractivity contribution in [3.63, 3.8) is 0 Å². The standard InChI is InChI=1S/C9H21NO3S/c1-4-9(3,8-10)13-6-7-14(11,12)5-2/h4-8,10H2,1-3H3. The zero-order valence-corrected chi connectivity index (χ0v) is 10.1. The Morgan fingerprint density at radius 1 is 1.36 bits per heavy atom. The number of nitrogens with two attached hydrogens (primary N) is 1. The lowest BCUT2D eigenvalue weighted by molar-refractivity contribution is -0.0191. The van der Waals surface area contributed by atoms with Gasteiger partial charge >= 0.3 is 0 Å². The van der Waals surface area contributed by atoms with Gasteiger partial charge in [-0.2, -0.15) is 0 Å². The fraction of sp³-hybridized carbons (Fsp3) is 1.00. The van der Waals surface area contributed by atoms with Crippen LogP contribution in [0.4, 0.5) is 0 Å². The summed E-state index contributed by atoms with van der Waals surface area (Å²) in [6, 6.07) is 0. The van der Waals surface area contributed by atoms with Crippen LogP contribution in [-0.2, 0) is 14.6 Å². The van der Waals surface area contributed by atoms with Gasteiger partial charge in [-0.1, -0.05) is 13.8 Å². The zero-order valence-electron chi connectivity index (χ0n) is 9.25. The molecule has 0 bridgehead atoms. The molecule has 4 nitrogen and oxygen atoms in total. The highest BCUT2D eigenvalue weighted by atomic mass is 32.2. The van der Waals surface area contributed by atoms with Gasteiger partial charge in [-0.25, -0.2) is 8.42 Å². The summed E-state index contributed by atoms with van der Waals surface area (Å²) in [6.07, 6.45) is 0.787. The number of hydrogen-bond donors (Lipinski definition) is 1. The molecule has 0 heterocycles. The average molecular weight is 223 g/mol. The Bertz CT molecular complexity index is 245. The van der Waals surface area contributed by atoms with Crippen LogP contribution >= 0.6 is 0 Å². The minimum atomic E-state index is -2.92. The summed E-state index contributed by atoms with van der Waals surface area (Å²) in [5, 5.41) is 0. The highest BCUT2D eigenvalue weighted by molar-refractivity contribution is 7.91. The lowest BCUT2D eigenvalue weighted by Crippen LogP contribution is -2.38. The monoisotopic (exact) mass is 223 g/mol. The van der Waals surface area contributed by atoms with Gasteiger partial charge in [0.15, 0.2) is 9.84 Å². The Hall–Kier alpha value is -0.130.